The molecule has 1 saturated heterocycles. The van der Waals surface area contributed by atoms with E-state index < -0.39 is 52.2 Å². The molecule has 9 N–H and O–H groups in total. The van der Waals surface area contributed by atoms with Crippen molar-refractivity contribution in [1.82, 2.24) is 45.4 Å². The molecule has 3 aliphatic rings. The third-order valence-electron chi connectivity index (χ3n) is 8.54. The van der Waals surface area contributed by atoms with Crippen molar-refractivity contribution in [2.75, 3.05) is 34.6 Å². The highest BCUT2D eigenvalue weighted by Gasteiger charge is 2.67. The molecular weight excluding hydrogens is 731 g/mol. The van der Waals surface area contributed by atoms with Gasteiger partial charge in [0.25, 0.3) is 23.1 Å². The number of carboxylic acids is 1. The number of amides is 4. The van der Waals surface area contributed by atoms with Gasteiger partial charge in [-0.2, -0.15) is 0 Å². The molecule has 1 unspecified atom stereocenters. The van der Waals surface area contributed by atoms with Gasteiger partial charge in [-0.05, 0) is 41.7 Å². The maximum atomic E-state index is 14.3. The van der Waals surface area contributed by atoms with Crippen LogP contribution in [0.15, 0.2) is 32.8 Å². The highest BCUT2D eigenvalue weighted by atomic mass is 32.2. The van der Waals surface area contributed by atoms with Crippen molar-refractivity contribution in [3.05, 3.63) is 38.9 Å². The first kappa shape index (κ1) is 36.0. The van der Waals surface area contributed by atoms with Gasteiger partial charge in [0.05, 0.1) is 18.0 Å². The lowest BCUT2D eigenvalue weighted by Crippen LogP contribution is -2.81. The standard InChI is InChI=1S/C27H33N13O8S3/c1-38-26(35-36-37-38)51-9-11-8-49-22-27(48-2,21(46)40(22)16(11)20(44)45)34-19(43)17(14-10-50-23(28)32-14)39(24(29)47)15-7-30-25(33-18(15)42)31-12-3-5-13(41)6-4-12/h7,10,12-13,17,22,41H,3-6,8-9H2,1-2H3,(H2,28,32)(H2,29,47)(H,34,43)(H,44,45)(H2,30,31,33,42)/t12?,13?,17?,22-,27-/m0/s1. The van der Waals surface area contributed by atoms with Crippen LogP contribution < -0.4 is 32.6 Å². The number of tetrazole rings is 1. The summed E-state index contributed by atoms with van der Waals surface area (Å²) in [7, 11) is 2.80. The van der Waals surface area contributed by atoms with Gasteiger partial charge in [-0.1, -0.05) is 11.8 Å². The van der Waals surface area contributed by atoms with Crippen LogP contribution in [0.2, 0.25) is 0 Å². The summed E-state index contributed by atoms with van der Waals surface area (Å²) in [4.78, 5) is 79.7. The fourth-order valence-electron chi connectivity index (χ4n) is 6.04. The Kier molecular flexibility index (Phi) is 10.2. The number of aryl methyl sites for hydroxylation is 1. The zero-order valence-corrected chi connectivity index (χ0v) is 29.5. The van der Waals surface area contributed by atoms with Gasteiger partial charge in [-0.25, -0.2) is 24.2 Å². The number of aliphatic hydroxyl groups excluding tert-OH is 1. The molecule has 272 valence electrons. The van der Waals surface area contributed by atoms with E-state index in [1.165, 1.54) is 28.9 Å². The van der Waals surface area contributed by atoms with E-state index in [0.29, 0.717) is 41.3 Å². The van der Waals surface area contributed by atoms with Crippen molar-refractivity contribution < 1.29 is 34.1 Å². The molecule has 2 fully saturated rings. The number of anilines is 3. The van der Waals surface area contributed by atoms with Gasteiger partial charge in [-0.15, -0.1) is 28.2 Å². The van der Waals surface area contributed by atoms with E-state index in [0.717, 1.165) is 34.2 Å². The minimum Gasteiger partial charge on any atom is -0.477 e. The second kappa shape index (κ2) is 14.5. The molecule has 3 atom stereocenters. The fourth-order valence-corrected chi connectivity index (χ4v) is 9.05. The van der Waals surface area contributed by atoms with Crippen molar-refractivity contribution in [2.45, 2.75) is 60.1 Å². The van der Waals surface area contributed by atoms with Crippen molar-refractivity contribution in [3.8, 4) is 0 Å². The molecule has 3 aromatic heterocycles. The number of nitrogens with one attached hydrogen (secondary N) is 3. The van der Waals surface area contributed by atoms with Gasteiger partial charge in [0, 0.05) is 37.1 Å². The first-order chi connectivity index (χ1) is 24.3. The number of carbonyl (C=O) groups excluding carboxylic acids is 3. The molecule has 3 aromatic rings. The largest absolute Gasteiger partial charge is 0.477 e. The predicted molar refractivity (Wildman–Crippen MR) is 183 cm³/mol. The number of fused-ring (bicyclic) bond motifs is 1. The van der Waals surface area contributed by atoms with Crippen LogP contribution in [0.3, 0.4) is 0 Å². The Morgan fingerprint density at radius 2 is 2.02 bits per heavy atom. The second-order valence-electron chi connectivity index (χ2n) is 11.7. The second-order valence-corrected chi connectivity index (χ2v) is 14.6. The van der Waals surface area contributed by atoms with Gasteiger partial charge >= 0.3 is 12.0 Å². The third-order valence-corrected chi connectivity index (χ3v) is 11.7. The average Bonchev–Trinajstić information content (AvgIpc) is 3.72. The summed E-state index contributed by atoms with van der Waals surface area (Å²) in [6.45, 7) is 0. The highest BCUT2D eigenvalue weighted by molar-refractivity contribution is 8.01. The smallest absolute Gasteiger partial charge is 0.352 e. The van der Waals surface area contributed by atoms with Crippen molar-refractivity contribution >= 4 is 75.4 Å². The first-order valence-electron chi connectivity index (χ1n) is 15.3. The number of carboxylic acid groups (broad SMARTS) is 1. The quantitative estimate of drug-likeness (QED) is 0.0673. The SMILES string of the molecule is CO[C@@]1(NC(=O)C(c2csc(N)n2)N(C(N)=O)c2cnc(NC3CCC(O)CC3)[nH]c2=O)C(=O)N2C(C(=O)O)=C(CSc3nnnn3C)CS[C@H]21. The Hall–Kier alpha value is -4.78. The number of ether oxygens (including phenoxy) is 1. The van der Waals surface area contributed by atoms with Gasteiger partial charge in [0.2, 0.25) is 11.1 Å². The number of methoxy groups -OCH3 is 1. The van der Waals surface area contributed by atoms with Crippen LogP contribution in [0, 0.1) is 0 Å². The molecule has 0 bridgehead atoms. The number of thiazole rings is 1. The van der Waals surface area contributed by atoms with Crippen molar-refractivity contribution in [1.29, 1.82) is 0 Å². The van der Waals surface area contributed by atoms with Crippen LogP contribution in [0.5, 0.6) is 0 Å². The summed E-state index contributed by atoms with van der Waals surface area (Å²) >= 11 is 3.29. The summed E-state index contributed by atoms with van der Waals surface area (Å²) < 4.78 is 7.03. The van der Waals surface area contributed by atoms with Gasteiger partial charge < -0.3 is 37.1 Å². The van der Waals surface area contributed by atoms with Crippen LogP contribution in [0.25, 0.3) is 0 Å². The number of aromatic nitrogens is 7. The van der Waals surface area contributed by atoms with Crippen LogP contribution in [0.4, 0.5) is 21.6 Å². The summed E-state index contributed by atoms with van der Waals surface area (Å²) in [6.07, 6.45) is 3.15. The van der Waals surface area contributed by atoms with Crippen LogP contribution in [-0.4, -0.2) is 116 Å². The molecule has 1 aliphatic carbocycles. The maximum absolute atomic E-state index is 14.3. The Balaban J connectivity index is 1.28. The zero-order valence-electron chi connectivity index (χ0n) is 27.0. The minimum atomic E-state index is -2.08. The number of nitrogens with zero attached hydrogens (tertiary/aromatic N) is 8. The fraction of sp³-hybridized carbons (Fsp3) is 0.481. The van der Waals surface area contributed by atoms with E-state index in [1.54, 1.807) is 7.05 Å². The third kappa shape index (κ3) is 6.83. The van der Waals surface area contributed by atoms with Crippen LogP contribution in [-0.2, 0) is 26.2 Å². The van der Waals surface area contributed by atoms with Gasteiger partial charge in [0.1, 0.15) is 16.8 Å². The number of hydrogen-bond acceptors (Lipinski definition) is 17. The molecule has 1 saturated carbocycles. The van der Waals surface area contributed by atoms with Crippen molar-refractivity contribution in [2.24, 2.45) is 12.8 Å². The zero-order chi connectivity index (χ0) is 36.6. The van der Waals surface area contributed by atoms with E-state index in [1.807, 2.05) is 0 Å². The number of carbonyl (C=O) groups is 4. The Morgan fingerprint density at radius 3 is 2.61 bits per heavy atom. The number of primary amides is 1. The van der Waals surface area contributed by atoms with E-state index in [9.17, 15) is 34.2 Å². The van der Waals surface area contributed by atoms with Gasteiger partial charge in [0.15, 0.2) is 11.2 Å². The molecule has 6 rings (SSSR count). The molecule has 2 aliphatic heterocycles. The van der Waals surface area contributed by atoms with Gasteiger partial charge in [-0.3, -0.25) is 29.2 Å². The molecule has 0 spiro atoms. The number of aromatic amines is 1. The Labute approximate surface area is 300 Å². The lowest BCUT2D eigenvalue weighted by atomic mass is 9.93. The number of H-pyrrole nitrogens is 1. The molecule has 24 heteroatoms. The normalized spacial score (nSPS) is 23.6. The summed E-state index contributed by atoms with van der Waals surface area (Å²) in [5.41, 5.74) is 8.40. The number of aliphatic hydroxyl groups is 1. The number of nitrogen functional groups attached to an aromatic ring is 1. The molecule has 5 heterocycles. The number of β-lactam (4-membered cyclic amide) rings is 1. The summed E-state index contributed by atoms with van der Waals surface area (Å²) in [6, 6.07) is -3.04. The van der Waals surface area contributed by atoms with E-state index in [4.69, 9.17) is 16.2 Å². The topological polar surface area (TPSA) is 303 Å². The molecule has 21 nitrogen and oxygen atoms in total. The Morgan fingerprint density at radius 1 is 1.27 bits per heavy atom. The van der Waals surface area contributed by atoms with E-state index >= 15 is 0 Å². The number of nitrogens with two attached hydrogens (primary N) is 2. The predicted octanol–water partition coefficient (Wildman–Crippen LogP) is -0.821. The number of thioether (sulfide) groups is 2. The maximum Gasteiger partial charge on any atom is 0.352 e. The van der Waals surface area contributed by atoms with Crippen LogP contribution in [0.1, 0.15) is 37.4 Å². The lowest BCUT2D eigenvalue weighted by Gasteiger charge is -2.56. The highest BCUT2D eigenvalue weighted by Crippen LogP contribution is 2.47. The lowest BCUT2D eigenvalue weighted by molar-refractivity contribution is -0.192. The number of urea groups is 1. The summed E-state index contributed by atoms with van der Waals surface area (Å²) in [5, 5.41) is 37.6. The number of aliphatic carboxylic acids is 1. The van der Waals surface area contributed by atoms with E-state index in [2.05, 4.69) is 41.1 Å². The molecule has 0 radical (unpaired) electrons. The Bertz CT molecular complexity index is 1940. The number of hydrogen-bond donors (Lipinski definition) is 7. The van der Waals surface area contributed by atoms with Crippen LogP contribution >= 0.6 is 34.9 Å². The average molecular weight is 764 g/mol. The molecular formula is C27H33N13O8S3. The number of rotatable bonds is 12. The van der Waals surface area contributed by atoms with Crippen molar-refractivity contribution in [3.63, 3.8) is 0 Å². The first-order valence-corrected chi connectivity index (χ1v) is 18.2. The molecule has 51 heavy (non-hydrogen) atoms. The van der Waals surface area contributed by atoms with E-state index in [-0.39, 0.29) is 46.1 Å². The monoisotopic (exact) mass is 763 g/mol. The molecule has 0 aromatic carbocycles. The summed E-state index contributed by atoms with van der Waals surface area (Å²) in [5.74, 6) is -2.87. The molecule has 4 amide bonds. The minimum absolute atomic E-state index is 0.0327.